The minimum atomic E-state index is 0.222. The Balaban J connectivity index is 2.16. The van der Waals surface area contributed by atoms with Crippen molar-refractivity contribution in [1.29, 1.82) is 0 Å². The van der Waals surface area contributed by atoms with Gasteiger partial charge >= 0.3 is 0 Å². The highest BCUT2D eigenvalue weighted by Gasteiger charge is 2.41. The fraction of sp³-hybridized carbons (Fsp3) is 1.00. The molecule has 0 bridgehead atoms. The third-order valence-corrected chi connectivity index (χ3v) is 3.65. The molecule has 1 fully saturated rings. The van der Waals surface area contributed by atoms with E-state index in [2.05, 4.69) is 31.1 Å². The van der Waals surface area contributed by atoms with E-state index in [9.17, 15) is 0 Å². The van der Waals surface area contributed by atoms with Gasteiger partial charge in [-0.15, -0.1) is 0 Å². The van der Waals surface area contributed by atoms with E-state index >= 15 is 0 Å². The molecule has 0 heterocycles. The Morgan fingerprint density at radius 2 is 2.12 bits per heavy atom. The molecule has 0 aromatic rings. The maximum atomic E-state index is 5.60. The quantitative estimate of drug-likeness (QED) is 0.693. The Labute approximate surface area is 106 Å². The summed E-state index contributed by atoms with van der Waals surface area (Å²) < 4.78 is 11.1. The van der Waals surface area contributed by atoms with E-state index in [-0.39, 0.29) is 12.2 Å². The Bertz CT molecular complexity index is 212. The first-order chi connectivity index (χ1) is 8.10. The Morgan fingerprint density at radius 3 is 2.65 bits per heavy atom. The van der Waals surface area contributed by atoms with Gasteiger partial charge in [-0.05, 0) is 34.2 Å². The summed E-state index contributed by atoms with van der Waals surface area (Å²) in [5, 5.41) is 3.55. The summed E-state index contributed by atoms with van der Waals surface area (Å²) in [5.41, 5.74) is 0. The van der Waals surface area contributed by atoms with Gasteiger partial charge in [-0.3, -0.25) is 0 Å². The minimum Gasteiger partial charge on any atom is -0.377 e. The second-order valence-electron chi connectivity index (χ2n) is 5.06. The molecule has 1 saturated carbocycles. The molecule has 4 nitrogen and oxygen atoms in total. The van der Waals surface area contributed by atoms with Gasteiger partial charge < -0.3 is 19.7 Å². The largest absolute Gasteiger partial charge is 0.377 e. The van der Waals surface area contributed by atoms with E-state index in [0.717, 1.165) is 26.1 Å². The molecular weight excluding hydrogens is 216 g/mol. The number of hydrogen-bond acceptors (Lipinski definition) is 4. The zero-order chi connectivity index (χ0) is 12.8. The molecule has 0 amide bonds. The molecule has 1 N–H and O–H groups in total. The molecule has 0 radical (unpaired) electrons. The van der Waals surface area contributed by atoms with Crippen LogP contribution in [0.3, 0.4) is 0 Å². The second kappa shape index (κ2) is 7.31. The van der Waals surface area contributed by atoms with Crippen LogP contribution in [0.1, 0.15) is 27.2 Å². The molecule has 0 spiro atoms. The lowest BCUT2D eigenvalue weighted by molar-refractivity contribution is -0.131. The highest BCUT2D eigenvalue weighted by molar-refractivity contribution is 4.97. The van der Waals surface area contributed by atoms with Crippen LogP contribution in [0.2, 0.25) is 0 Å². The molecule has 3 atom stereocenters. The lowest BCUT2D eigenvalue weighted by Crippen LogP contribution is -2.60. The smallest absolute Gasteiger partial charge is 0.0986 e. The van der Waals surface area contributed by atoms with Gasteiger partial charge in [0.1, 0.15) is 0 Å². The van der Waals surface area contributed by atoms with Gasteiger partial charge in [-0.1, -0.05) is 0 Å². The van der Waals surface area contributed by atoms with Crippen LogP contribution in [-0.2, 0) is 9.47 Å². The first-order valence-corrected chi connectivity index (χ1v) is 6.68. The Kier molecular flexibility index (Phi) is 6.41. The van der Waals surface area contributed by atoms with Crippen molar-refractivity contribution in [2.45, 2.75) is 51.5 Å². The topological polar surface area (TPSA) is 33.7 Å². The van der Waals surface area contributed by atoms with E-state index in [1.54, 1.807) is 7.11 Å². The maximum Gasteiger partial charge on any atom is 0.0986 e. The molecule has 0 saturated heterocycles. The normalized spacial score (nSPS) is 28.8. The molecule has 4 heteroatoms. The number of nitrogens with one attached hydrogen (secondary N) is 1. The summed E-state index contributed by atoms with van der Waals surface area (Å²) >= 11 is 0. The van der Waals surface area contributed by atoms with Crippen LogP contribution in [0.4, 0.5) is 0 Å². The summed E-state index contributed by atoms with van der Waals surface area (Å²) in [5.74, 6) is 0. The number of rotatable bonds is 8. The van der Waals surface area contributed by atoms with Crippen molar-refractivity contribution in [2.24, 2.45) is 0 Å². The maximum absolute atomic E-state index is 5.60. The SMILES string of the molecule is CCOC1CC(NCCN(C)C(C)C)C1OC. The number of nitrogens with zero attached hydrogens (tertiary/aromatic N) is 1. The van der Waals surface area contributed by atoms with Crippen LogP contribution >= 0.6 is 0 Å². The van der Waals surface area contributed by atoms with Crippen molar-refractivity contribution in [3.8, 4) is 0 Å². The van der Waals surface area contributed by atoms with Gasteiger partial charge in [0, 0.05) is 38.9 Å². The van der Waals surface area contributed by atoms with Gasteiger partial charge in [0.15, 0.2) is 0 Å². The first kappa shape index (κ1) is 14.9. The minimum absolute atomic E-state index is 0.222. The zero-order valence-electron chi connectivity index (χ0n) is 11.9. The first-order valence-electron chi connectivity index (χ1n) is 6.68. The number of likely N-dealkylation sites (N-methyl/N-ethyl adjacent to an activating group) is 1. The van der Waals surface area contributed by atoms with Crippen molar-refractivity contribution >= 4 is 0 Å². The number of methoxy groups -OCH3 is 1. The molecule has 0 aliphatic heterocycles. The van der Waals surface area contributed by atoms with Crippen LogP contribution in [0.5, 0.6) is 0 Å². The molecule has 102 valence electrons. The summed E-state index contributed by atoms with van der Waals surface area (Å²) in [6, 6.07) is 1.06. The molecule has 0 aromatic carbocycles. The van der Waals surface area contributed by atoms with E-state index < -0.39 is 0 Å². The summed E-state index contributed by atoms with van der Waals surface area (Å²) in [4.78, 5) is 2.34. The van der Waals surface area contributed by atoms with Crippen LogP contribution in [-0.4, -0.2) is 63.0 Å². The van der Waals surface area contributed by atoms with E-state index in [1.807, 2.05) is 6.92 Å². The fourth-order valence-corrected chi connectivity index (χ4v) is 2.16. The van der Waals surface area contributed by atoms with Crippen LogP contribution in [0.15, 0.2) is 0 Å². The summed E-state index contributed by atoms with van der Waals surface area (Å²) in [7, 11) is 3.93. The molecule has 17 heavy (non-hydrogen) atoms. The van der Waals surface area contributed by atoms with Crippen LogP contribution in [0.25, 0.3) is 0 Å². The molecular formula is C13H28N2O2. The predicted molar refractivity (Wildman–Crippen MR) is 70.4 cm³/mol. The molecule has 1 aliphatic carbocycles. The third kappa shape index (κ3) is 4.21. The third-order valence-electron chi connectivity index (χ3n) is 3.65. The molecule has 1 aliphatic rings. The molecule has 3 unspecified atom stereocenters. The van der Waals surface area contributed by atoms with Crippen molar-refractivity contribution in [3.63, 3.8) is 0 Å². The monoisotopic (exact) mass is 244 g/mol. The lowest BCUT2D eigenvalue weighted by atomic mass is 9.85. The van der Waals surface area contributed by atoms with Crippen LogP contribution in [0, 0.1) is 0 Å². The average Bonchev–Trinajstić information content (AvgIpc) is 2.26. The number of hydrogen-bond donors (Lipinski definition) is 1. The Morgan fingerprint density at radius 1 is 1.41 bits per heavy atom. The average molecular weight is 244 g/mol. The van der Waals surface area contributed by atoms with Gasteiger partial charge in [0.25, 0.3) is 0 Å². The fourth-order valence-electron chi connectivity index (χ4n) is 2.16. The van der Waals surface area contributed by atoms with Crippen molar-refractivity contribution in [1.82, 2.24) is 10.2 Å². The van der Waals surface area contributed by atoms with Gasteiger partial charge in [-0.25, -0.2) is 0 Å². The number of ether oxygens (including phenoxy) is 2. The summed E-state index contributed by atoms with van der Waals surface area (Å²) in [6.45, 7) is 9.32. The highest BCUT2D eigenvalue weighted by atomic mass is 16.5. The lowest BCUT2D eigenvalue weighted by Gasteiger charge is -2.43. The predicted octanol–water partition coefficient (Wildman–Crippen LogP) is 1.11. The van der Waals surface area contributed by atoms with E-state index in [0.29, 0.717) is 12.1 Å². The van der Waals surface area contributed by atoms with Gasteiger partial charge in [0.05, 0.1) is 12.2 Å². The highest BCUT2D eigenvalue weighted by Crippen LogP contribution is 2.26. The van der Waals surface area contributed by atoms with Gasteiger partial charge in [0.2, 0.25) is 0 Å². The Hall–Kier alpha value is -0.160. The zero-order valence-corrected chi connectivity index (χ0v) is 11.9. The standard InChI is InChI=1S/C13H28N2O2/c1-6-17-12-9-11(13(12)16-5)14-7-8-15(4)10(2)3/h10-14H,6-9H2,1-5H3. The second-order valence-corrected chi connectivity index (χ2v) is 5.06. The molecule has 1 rings (SSSR count). The summed E-state index contributed by atoms with van der Waals surface area (Å²) in [6.07, 6.45) is 1.57. The molecule has 0 aromatic heterocycles. The van der Waals surface area contributed by atoms with E-state index in [4.69, 9.17) is 9.47 Å². The van der Waals surface area contributed by atoms with Gasteiger partial charge in [-0.2, -0.15) is 0 Å². The van der Waals surface area contributed by atoms with Crippen LogP contribution < -0.4 is 5.32 Å². The van der Waals surface area contributed by atoms with Crippen molar-refractivity contribution in [2.75, 3.05) is 33.9 Å². The van der Waals surface area contributed by atoms with Crippen molar-refractivity contribution < 1.29 is 9.47 Å². The van der Waals surface area contributed by atoms with Crippen molar-refractivity contribution in [3.05, 3.63) is 0 Å². The van der Waals surface area contributed by atoms with E-state index in [1.165, 1.54) is 0 Å².